The third-order valence-corrected chi connectivity index (χ3v) is 7.32. The van der Waals surface area contributed by atoms with Gasteiger partial charge in [0.1, 0.15) is 5.78 Å². The van der Waals surface area contributed by atoms with Crippen molar-refractivity contribution < 1.29 is 18.0 Å². The van der Waals surface area contributed by atoms with E-state index in [1.54, 1.807) is 19.9 Å². The molecule has 1 aromatic carbocycles. The number of carbonyl (C=O) groups is 2. The summed E-state index contributed by atoms with van der Waals surface area (Å²) in [5.74, 6) is 0.284. The Bertz CT molecular complexity index is 774. The van der Waals surface area contributed by atoms with Gasteiger partial charge in [-0.25, -0.2) is 8.42 Å². The number of Topliss-reactive ketones (excluding diaryl/α,β-unsaturated/α-hetero) is 1. The smallest absolute Gasteiger partial charge is 0.254 e. The molecule has 0 spiro atoms. The van der Waals surface area contributed by atoms with Crippen LogP contribution < -0.4 is 0 Å². The van der Waals surface area contributed by atoms with Crippen molar-refractivity contribution in [2.75, 3.05) is 5.75 Å². The molecule has 0 aromatic heterocycles. The zero-order valence-electron chi connectivity index (χ0n) is 18.8. The second kappa shape index (κ2) is 11.5. The number of rotatable bonds is 12. The summed E-state index contributed by atoms with van der Waals surface area (Å²) in [7, 11) is -3.00. The number of hydrogen-bond donors (Lipinski definition) is 0. The fourth-order valence-corrected chi connectivity index (χ4v) is 4.46. The minimum Gasteiger partial charge on any atom is -0.334 e. The number of unbranched alkanes of at least 4 members (excludes halogenated alkanes) is 2. The lowest BCUT2D eigenvalue weighted by molar-refractivity contribution is -0.118. The van der Waals surface area contributed by atoms with Crippen molar-refractivity contribution in [1.82, 2.24) is 4.90 Å². The van der Waals surface area contributed by atoms with Gasteiger partial charge in [0.25, 0.3) is 5.91 Å². The Kier molecular flexibility index (Phi) is 10.0. The molecule has 0 aliphatic rings. The Balaban J connectivity index is 2.57. The van der Waals surface area contributed by atoms with Crippen LogP contribution in [0, 0.1) is 0 Å². The van der Waals surface area contributed by atoms with Crippen LogP contribution in [0.2, 0.25) is 0 Å². The molecular weight excluding hydrogens is 386 g/mol. The number of sulfone groups is 1. The van der Waals surface area contributed by atoms with Gasteiger partial charge in [0.15, 0.2) is 9.84 Å². The number of carbonyl (C=O) groups excluding carboxylic acids is 2. The van der Waals surface area contributed by atoms with Crippen molar-refractivity contribution >= 4 is 21.5 Å². The van der Waals surface area contributed by atoms with Crippen LogP contribution in [-0.4, -0.2) is 48.1 Å². The fraction of sp³-hybridized carbons (Fsp3) is 0.652. The van der Waals surface area contributed by atoms with Gasteiger partial charge in [-0.2, -0.15) is 0 Å². The highest BCUT2D eigenvalue weighted by molar-refractivity contribution is 7.91. The van der Waals surface area contributed by atoms with Gasteiger partial charge in [0.2, 0.25) is 0 Å². The monoisotopic (exact) mass is 423 g/mol. The molecule has 0 heterocycles. The minimum atomic E-state index is -3.00. The summed E-state index contributed by atoms with van der Waals surface area (Å²) < 4.78 is 23.6. The van der Waals surface area contributed by atoms with E-state index >= 15 is 0 Å². The summed E-state index contributed by atoms with van der Waals surface area (Å²) in [6.07, 6.45) is 2.75. The number of nitrogens with zero attached hydrogens (tertiary/aromatic N) is 1. The highest BCUT2D eigenvalue weighted by Crippen LogP contribution is 2.15. The highest BCUT2D eigenvalue weighted by Gasteiger charge is 2.22. The van der Waals surface area contributed by atoms with Crippen LogP contribution in [0.3, 0.4) is 0 Å². The Labute approximate surface area is 176 Å². The van der Waals surface area contributed by atoms with Crippen LogP contribution in [-0.2, 0) is 21.1 Å². The summed E-state index contributed by atoms with van der Waals surface area (Å²) in [6, 6.07) is 7.51. The van der Waals surface area contributed by atoms with Crippen LogP contribution in [0.25, 0.3) is 0 Å². The van der Waals surface area contributed by atoms with Crippen molar-refractivity contribution in [1.29, 1.82) is 0 Å². The molecule has 0 fully saturated rings. The second-order valence-electron chi connectivity index (χ2n) is 8.54. The molecule has 1 rings (SSSR count). The first-order valence-corrected chi connectivity index (χ1v) is 12.3. The largest absolute Gasteiger partial charge is 0.334 e. The van der Waals surface area contributed by atoms with E-state index in [4.69, 9.17) is 0 Å². The molecule has 1 aromatic rings. The lowest BCUT2D eigenvalue weighted by atomic mass is 10.0. The summed E-state index contributed by atoms with van der Waals surface area (Å²) in [4.78, 5) is 27.0. The maximum atomic E-state index is 12.8. The molecule has 0 saturated heterocycles. The van der Waals surface area contributed by atoms with Crippen LogP contribution in [0.5, 0.6) is 0 Å². The normalized spacial score (nSPS) is 12.0. The number of hydrogen-bond acceptors (Lipinski definition) is 4. The molecule has 0 bridgehead atoms. The number of ketones is 1. The first-order valence-electron chi connectivity index (χ1n) is 10.6. The molecule has 5 nitrogen and oxygen atoms in total. The third kappa shape index (κ3) is 8.29. The van der Waals surface area contributed by atoms with Crippen molar-refractivity contribution in [3.05, 3.63) is 35.4 Å². The quantitative estimate of drug-likeness (QED) is 0.466. The van der Waals surface area contributed by atoms with Crippen LogP contribution in [0.1, 0.15) is 83.1 Å². The van der Waals surface area contributed by atoms with Crippen molar-refractivity contribution in [3.63, 3.8) is 0 Å². The van der Waals surface area contributed by atoms with Gasteiger partial charge < -0.3 is 4.90 Å². The first kappa shape index (κ1) is 25.3. The standard InChI is InChI=1S/C23H37NO4S/c1-17(2)24(18(3)4)23(26)21-12-10-11-20(15-21)16-22(25)13-8-7-9-14-29(27,28)19(5)6/h10-12,15,17-19H,7-9,13-14,16H2,1-6H3. The SMILES string of the molecule is CC(C)N(C(=O)c1cccc(CC(=O)CCCCCS(=O)(=O)C(C)C)c1)C(C)C. The van der Waals surface area contributed by atoms with Gasteiger partial charge >= 0.3 is 0 Å². The van der Waals surface area contributed by atoms with Gasteiger partial charge in [0.05, 0.1) is 11.0 Å². The van der Waals surface area contributed by atoms with Gasteiger partial charge in [-0.1, -0.05) is 18.6 Å². The maximum absolute atomic E-state index is 12.8. The molecule has 0 radical (unpaired) electrons. The maximum Gasteiger partial charge on any atom is 0.254 e. The van der Waals surface area contributed by atoms with E-state index in [9.17, 15) is 18.0 Å². The summed E-state index contributed by atoms with van der Waals surface area (Å²) in [5, 5.41) is -0.346. The van der Waals surface area contributed by atoms with E-state index in [0.29, 0.717) is 31.2 Å². The van der Waals surface area contributed by atoms with E-state index in [0.717, 1.165) is 12.0 Å². The van der Waals surface area contributed by atoms with Crippen molar-refractivity contribution in [2.24, 2.45) is 0 Å². The van der Waals surface area contributed by atoms with Crippen molar-refractivity contribution in [3.8, 4) is 0 Å². The van der Waals surface area contributed by atoms with Crippen LogP contribution in [0.15, 0.2) is 24.3 Å². The molecule has 1 amide bonds. The Morgan fingerprint density at radius 2 is 1.55 bits per heavy atom. The molecule has 0 aliphatic carbocycles. The molecule has 0 saturated carbocycles. The zero-order valence-corrected chi connectivity index (χ0v) is 19.6. The highest BCUT2D eigenvalue weighted by atomic mass is 32.2. The molecule has 0 aliphatic heterocycles. The first-order chi connectivity index (χ1) is 13.5. The molecule has 0 atom stereocenters. The number of benzene rings is 1. The summed E-state index contributed by atoms with van der Waals surface area (Å²) in [6.45, 7) is 11.4. The predicted molar refractivity (Wildman–Crippen MR) is 119 cm³/mol. The van der Waals surface area contributed by atoms with Gasteiger partial charge in [-0.3, -0.25) is 9.59 Å². The van der Waals surface area contributed by atoms with Gasteiger partial charge in [-0.15, -0.1) is 0 Å². The van der Waals surface area contributed by atoms with Crippen LogP contribution >= 0.6 is 0 Å². The average Bonchev–Trinajstić information content (AvgIpc) is 2.60. The summed E-state index contributed by atoms with van der Waals surface area (Å²) in [5.41, 5.74) is 1.45. The van der Waals surface area contributed by atoms with E-state index in [1.807, 2.05) is 50.8 Å². The Morgan fingerprint density at radius 3 is 2.10 bits per heavy atom. The van der Waals surface area contributed by atoms with E-state index in [1.165, 1.54) is 0 Å². The van der Waals surface area contributed by atoms with Gasteiger partial charge in [0, 0.05) is 30.5 Å². The van der Waals surface area contributed by atoms with E-state index in [2.05, 4.69) is 0 Å². The lowest BCUT2D eigenvalue weighted by Gasteiger charge is -2.31. The van der Waals surface area contributed by atoms with Crippen LogP contribution in [0.4, 0.5) is 0 Å². The Hall–Kier alpha value is -1.69. The fourth-order valence-electron chi connectivity index (χ4n) is 3.38. The van der Waals surface area contributed by atoms with Crippen molar-refractivity contribution in [2.45, 2.75) is 91.0 Å². The molecule has 0 unspecified atom stereocenters. The topological polar surface area (TPSA) is 71.5 Å². The lowest BCUT2D eigenvalue weighted by Crippen LogP contribution is -2.42. The molecule has 164 valence electrons. The molecule has 0 N–H and O–H groups in total. The van der Waals surface area contributed by atoms with E-state index in [-0.39, 0.29) is 34.8 Å². The average molecular weight is 424 g/mol. The second-order valence-corrected chi connectivity index (χ2v) is 11.2. The van der Waals surface area contributed by atoms with E-state index < -0.39 is 9.84 Å². The minimum absolute atomic E-state index is 0.0179. The molecule has 29 heavy (non-hydrogen) atoms. The third-order valence-electron chi connectivity index (χ3n) is 5.03. The molecular formula is C23H37NO4S. The zero-order chi connectivity index (χ0) is 22.2. The predicted octanol–water partition coefficient (Wildman–Crippen LogP) is 4.44. The number of amides is 1. The molecule has 6 heteroatoms. The summed E-state index contributed by atoms with van der Waals surface area (Å²) >= 11 is 0. The van der Waals surface area contributed by atoms with Gasteiger partial charge in [-0.05, 0) is 72.1 Å². The Morgan fingerprint density at radius 1 is 0.931 bits per heavy atom.